The van der Waals surface area contributed by atoms with Gasteiger partial charge in [0.1, 0.15) is 0 Å². The van der Waals surface area contributed by atoms with Gasteiger partial charge in [0.25, 0.3) is 0 Å². The SMILES string of the molecule is CCOCc1ccc(CNC(=NC)NC(C)C)cc1. The Morgan fingerprint density at radius 1 is 1.21 bits per heavy atom. The van der Waals surface area contributed by atoms with Crippen LogP contribution in [0.2, 0.25) is 0 Å². The van der Waals surface area contributed by atoms with Gasteiger partial charge in [-0.1, -0.05) is 24.3 Å². The molecule has 0 aromatic heterocycles. The normalized spacial score (nSPS) is 11.7. The zero-order valence-corrected chi connectivity index (χ0v) is 12.4. The standard InChI is InChI=1S/C15H25N3O/c1-5-19-11-14-8-6-13(7-9-14)10-17-15(16-4)18-12(2)3/h6-9,12H,5,10-11H2,1-4H3,(H2,16,17,18). The van der Waals surface area contributed by atoms with Crippen molar-refractivity contribution in [2.45, 2.75) is 40.0 Å². The van der Waals surface area contributed by atoms with Gasteiger partial charge in [-0.15, -0.1) is 0 Å². The Morgan fingerprint density at radius 2 is 1.84 bits per heavy atom. The zero-order valence-electron chi connectivity index (χ0n) is 12.4. The lowest BCUT2D eigenvalue weighted by molar-refractivity contribution is 0.134. The Labute approximate surface area is 116 Å². The van der Waals surface area contributed by atoms with Crippen molar-refractivity contribution >= 4 is 5.96 Å². The van der Waals surface area contributed by atoms with E-state index in [0.717, 1.165) is 19.1 Å². The lowest BCUT2D eigenvalue weighted by Gasteiger charge is -2.14. The van der Waals surface area contributed by atoms with Crippen LogP contribution in [0.25, 0.3) is 0 Å². The molecular weight excluding hydrogens is 238 g/mol. The highest BCUT2D eigenvalue weighted by Crippen LogP contribution is 2.05. The van der Waals surface area contributed by atoms with Crippen LogP contribution in [0, 0.1) is 0 Å². The van der Waals surface area contributed by atoms with Gasteiger partial charge in [-0.3, -0.25) is 4.99 Å². The second kappa shape index (κ2) is 8.53. The van der Waals surface area contributed by atoms with Crippen LogP contribution in [-0.2, 0) is 17.9 Å². The van der Waals surface area contributed by atoms with Crippen LogP contribution in [0.15, 0.2) is 29.3 Å². The van der Waals surface area contributed by atoms with Crippen molar-refractivity contribution in [1.29, 1.82) is 0 Å². The molecule has 0 aliphatic rings. The van der Waals surface area contributed by atoms with E-state index in [9.17, 15) is 0 Å². The van der Waals surface area contributed by atoms with Crippen LogP contribution < -0.4 is 10.6 Å². The minimum absolute atomic E-state index is 0.375. The zero-order chi connectivity index (χ0) is 14.1. The smallest absolute Gasteiger partial charge is 0.191 e. The molecule has 0 aliphatic heterocycles. The molecule has 2 N–H and O–H groups in total. The Morgan fingerprint density at radius 3 is 2.37 bits per heavy atom. The molecule has 4 heteroatoms. The fraction of sp³-hybridized carbons (Fsp3) is 0.533. The van der Waals surface area contributed by atoms with Crippen LogP contribution in [0.1, 0.15) is 31.9 Å². The van der Waals surface area contributed by atoms with E-state index >= 15 is 0 Å². The molecule has 19 heavy (non-hydrogen) atoms. The first kappa shape index (κ1) is 15.5. The molecule has 1 aromatic carbocycles. The fourth-order valence-corrected chi connectivity index (χ4v) is 1.63. The van der Waals surface area contributed by atoms with Crippen molar-refractivity contribution in [3.05, 3.63) is 35.4 Å². The number of benzene rings is 1. The quantitative estimate of drug-likeness (QED) is 0.611. The van der Waals surface area contributed by atoms with Gasteiger partial charge in [0.15, 0.2) is 5.96 Å². The summed E-state index contributed by atoms with van der Waals surface area (Å²) in [6, 6.07) is 8.81. The summed E-state index contributed by atoms with van der Waals surface area (Å²) in [5.74, 6) is 0.827. The van der Waals surface area contributed by atoms with E-state index in [4.69, 9.17) is 4.74 Å². The van der Waals surface area contributed by atoms with E-state index in [-0.39, 0.29) is 0 Å². The van der Waals surface area contributed by atoms with Gasteiger partial charge in [0, 0.05) is 26.2 Å². The number of guanidine groups is 1. The molecule has 4 nitrogen and oxygen atoms in total. The maximum absolute atomic E-state index is 5.37. The summed E-state index contributed by atoms with van der Waals surface area (Å²) in [7, 11) is 1.78. The molecule has 0 atom stereocenters. The first-order chi connectivity index (χ1) is 9.15. The lowest BCUT2D eigenvalue weighted by Crippen LogP contribution is -2.40. The van der Waals surface area contributed by atoms with E-state index in [1.807, 2.05) is 6.92 Å². The molecule has 0 saturated carbocycles. The van der Waals surface area contributed by atoms with Crippen LogP contribution in [0.3, 0.4) is 0 Å². The van der Waals surface area contributed by atoms with Crippen molar-refractivity contribution in [3.8, 4) is 0 Å². The highest BCUT2D eigenvalue weighted by Gasteiger charge is 2.00. The van der Waals surface area contributed by atoms with E-state index in [1.54, 1.807) is 7.05 Å². The second-order valence-electron chi connectivity index (χ2n) is 4.68. The Kier molecular flexibility index (Phi) is 6.97. The second-order valence-corrected chi connectivity index (χ2v) is 4.68. The molecule has 0 spiro atoms. The largest absolute Gasteiger partial charge is 0.377 e. The minimum Gasteiger partial charge on any atom is -0.377 e. The molecule has 0 fully saturated rings. The summed E-state index contributed by atoms with van der Waals surface area (Å²) in [5, 5.41) is 6.55. The van der Waals surface area contributed by atoms with E-state index < -0.39 is 0 Å². The summed E-state index contributed by atoms with van der Waals surface area (Å²) in [5.41, 5.74) is 2.43. The molecule has 0 amide bonds. The van der Waals surface area contributed by atoms with Gasteiger partial charge in [0.05, 0.1) is 6.61 Å². The van der Waals surface area contributed by atoms with Crippen molar-refractivity contribution in [2.75, 3.05) is 13.7 Å². The molecule has 0 radical (unpaired) electrons. The van der Waals surface area contributed by atoms with Gasteiger partial charge in [-0.25, -0.2) is 0 Å². The van der Waals surface area contributed by atoms with Crippen LogP contribution in [0.4, 0.5) is 0 Å². The summed E-state index contributed by atoms with van der Waals surface area (Å²) < 4.78 is 5.37. The van der Waals surface area contributed by atoms with E-state index in [1.165, 1.54) is 11.1 Å². The third-order valence-electron chi connectivity index (χ3n) is 2.60. The van der Waals surface area contributed by atoms with Crippen molar-refractivity contribution in [2.24, 2.45) is 4.99 Å². The lowest BCUT2D eigenvalue weighted by atomic mass is 10.1. The number of nitrogens with one attached hydrogen (secondary N) is 2. The average Bonchev–Trinajstić information content (AvgIpc) is 2.42. The van der Waals surface area contributed by atoms with Crippen molar-refractivity contribution in [3.63, 3.8) is 0 Å². The Bertz CT molecular complexity index is 385. The first-order valence-electron chi connectivity index (χ1n) is 6.78. The average molecular weight is 263 g/mol. The van der Waals surface area contributed by atoms with Gasteiger partial charge < -0.3 is 15.4 Å². The van der Waals surface area contributed by atoms with Crippen LogP contribution >= 0.6 is 0 Å². The molecule has 0 aliphatic carbocycles. The van der Waals surface area contributed by atoms with Crippen LogP contribution in [0.5, 0.6) is 0 Å². The van der Waals surface area contributed by atoms with Gasteiger partial charge in [-0.05, 0) is 31.9 Å². The number of hydrogen-bond donors (Lipinski definition) is 2. The highest BCUT2D eigenvalue weighted by molar-refractivity contribution is 5.79. The van der Waals surface area contributed by atoms with Gasteiger partial charge in [-0.2, -0.15) is 0 Å². The number of ether oxygens (including phenoxy) is 1. The van der Waals surface area contributed by atoms with E-state index in [0.29, 0.717) is 12.6 Å². The number of nitrogens with zero attached hydrogens (tertiary/aromatic N) is 1. The summed E-state index contributed by atoms with van der Waals surface area (Å²) in [4.78, 5) is 4.18. The Hall–Kier alpha value is -1.55. The summed E-state index contributed by atoms with van der Waals surface area (Å²) >= 11 is 0. The predicted molar refractivity (Wildman–Crippen MR) is 80.2 cm³/mol. The molecular formula is C15H25N3O. The molecule has 0 heterocycles. The topological polar surface area (TPSA) is 45.6 Å². The first-order valence-corrected chi connectivity index (χ1v) is 6.78. The monoisotopic (exact) mass is 263 g/mol. The molecule has 1 rings (SSSR count). The number of rotatable bonds is 6. The maximum atomic E-state index is 5.37. The fourth-order valence-electron chi connectivity index (χ4n) is 1.63. The highest BCUT2D eigenvalue weighted by atomic mass is 16.5. The van der Waals surface area contributed by atoms with Crippen molar-refractivity contribution < 1.29 is 4.74 Å². The summed E-state index contributed by atoms with van der Waals surface area (Å²) in [6.45, 7) is 8.39. The van der Waals surface area contributed by atoms with Gasteiger partial charge in [0.2, 0.25) is 0 Å². The van der Waals surface area contributed by atoms with E-state index in [2.05, 4.69) is 53.7 Å². The van der Waals surface area contributed by atoms with Crippen molar-refractivity contribution in [1.82, 2.24) is 10.6 Å². The maximum Gasteiger partial charge on any atom is 0.191 e. The third-order valence-corrected chi connectivity index (χ3v) is 2.60. The predicted octanol–water partition coefficient (Wildman–Crippen LogP) is 2.30. The Balaban J connectivity index is 2.44. The summed E-state index contributed by atoms with van der Waals surface area (Å²) in [6.07, 6.45) is 0. The third kappa shape index (κ3) is 6.25. The minimum atomic E-state index is 0.375. The molecule has 106 valence electrons. The van der Waals surface area contributed by atoms with Gasteiger partial charge >= 0.3 is 0 Å². The number of aliphatic imine (C=N–C) groups is 1. The molecule has 0 unspecified atom stereocenters. The molecule has 1 aromatic rings. The number of hydrogen-bond acceptors (Lipinski definition) is 2. The molecule has 0 bridgehead atoms. The van der Waals surface area contributed by atoms with Crippen LogP contribution in [-0.4, -0.2) is 25.7 Å². The molecule has 0 saturated heterocycles.